The first-order valence-corrected chi connectivity index (χ1v) is 9.93. The zero-order valence-corrected chi connectivity index (χ0v) is 17.4. The van der Waals surface area contributed by atoms with Gasteiger partial charge in [0.25, 0.3) is 5.91 Å². The first-order valence-electron chi connectivity index (χ1n) is 9.11. The third-order valence-corrected chi connectivity index (χ3v) is 5.24. The van der Waals surface area contributed by atoms with Crippen molar-refractivity contribution in [1.82, 2.24) is 20.1 Å². The van der Waals surface area contributed by atoms with Crippen LogP contribution in [0.1, 0.15) is 15.9 Å². The van der Waals surface area contributed by atoms with Crippen LogP contribution >= 0.6 is 11.8 Å². The van der Waals surface area contributed by atoms with Crippen LogP contribution in [0.25, 0.3) is 17.0 Å². The SMILES string of the molecule is Cn1ncc(C(=O)OC(=O)C(F)(F)F)c1N=C1NC(=O)C(=Cc2ccc3ncccc3c2)S1. The van der Waals surface area contributed by atoms with E-state index in [1.807, 2.05) is 18.2 Å². The number of thioether (sulfide) groups is 1. The summed E-state index contributed by atoms with van der Waals surface area (Å²) in [5.41, 5.74) is 1.06. The van der Waals surface area contributed by atoms with E-state index in [4.69, 9.17) is 0 Å². The Kier molecular flexibility index (Phi) is 5.72. The summed E-state index contributed by atoms with van der Waals surface area (Å²) in [5, 5.41) is 7.22. The summed E-state index contributed by atoms with van der Waals surface area (Å²) in [4.78, 5) is 44.0. The van der Waals surface area contributed by atoms with Gasteiger partial charge in [-0.25, -0.2) is 14.6 Å². The van der Waals surface area contributed by atoms with Gasteiger partial charge in [0.15, 0.2) is 11.0 Å². The lowest BCUT2D eigenvalue weighted by Crippen LogP contribution is -2.28. The summed E-state index contributed by atoms with van der Waals surface area (Å²) in [6.45, 7) is 0. The van der Waals surface area contributed by atoms with Crippen LogP contribution in [0.3, 0.4) is 0 Å². The summed E-state index contributed by atoms with van der Waals surface area (Å²) in [6.07, 6.45) is -1.12. The molecule has 0 aliphatic carbocycles. The lowest BCUT2D eigenvalue weighted by atomic mass is 10.1. The monoisotopic (exact) mass is 475 g/mol. The molecule has 0 saturated carbocycles. The minimum Gasteiger partial charge on any atom is -0.382 e. The lowest BCUT2D eigenvalue weighted by molar-refractivity contribution is -0.193. The largest absolute Gasteiger partial charge is 0.491 e. The molecule has 1 aromatic carbocycles. The van der Waals surface area contributed by atoms with Gasteiger partial charge >= 0.3 is 18.1 Å². The number of esters is 2. The Morgan fingerprint density at radius 1 is 1.27 bits per heavy atom. The molecule has 13 heteroatoms. The standard InChI is InChI=1S/C20H12F3N5O4S/c1-28-15(12(9-25-28)17(30)32-18(31)20(21,22)23)26-19-27-16(29)14(33-19)8-10-4-5-13-11(7-10)3-2-6-24-13/h2-9H,1H3,(H,26,27,29). The van der Waals surface area contributed by atoms with E-state index < -0.39 is 29.6 Å². The van der Waals surface area contributed by atoms with E-state index in [-0.39, 0.29) is 11.0 Å². The van der Waals surface area contributed by atoms with Gasteiger partial charge in [-0.15, -0.1) is 0 Å². The number of ether oxygens (including phenoxy) is 1. The van der Waals surface area contributed by atoms with Gasteiger partial charge in [0.05, 0.1) is 16.6 Å². The molecule has 1 amide bonds. The Hall–Kier alpha value is -4.00. The van der Waals surface area contributed by atoms with Crippen molar-refractivity contribution in [3.05, 3.63) is 58.8 Å². The number of pyridine rings is 1. The Labute approximate surface area is 187 Å². The number of nitrogens with zero attached hydrogens (tertiary/aromatic N) is 4. The maximum Gasteiger partial charge on any atom is 0.491 e. The predicted octanol–water partition coefficient (Wildman–Crippen LogP) is 3.11. The van der Waals surface area contributed by atoms with Crippen molar-refractivity contribution in [2.75, 3.05) is 0 Å². The molecule has 2 aromatic heterocycles. The number of aryl methyl sites for hydroxylation is 1. The highest BCUT2D eigenvalue weighted by molar-refractivity contribution is 8.18. The fraction of sp³-hybridized carbons (Fsp3) is 0.100. The van der Waals surface area contributed by atoms with Crippen molar-refractivity contribution in [2.45, 2.75) is 6.18 Å². The van der Waals surface area contributed by atoms with E-state index in [1.165, 1.54) is 7.05 Å². The number of carbonyl (C=O) groups is 3. The van der Waals surface area contributed by atoms with E-state index in [0.717, 1.165) is 39.1 Å². The fourth-order valence-electron chi connectivity index (χ4n) is 2.82. The average molecular weight is 475 g/mol. The molecule has 4 rings (SSSR count). The number of nitrogens with one attached hydrogen (secondary N) is 1. The summed E-state index contributed by atoms with van der Waals surface area (Å²) >= 11 is 0.959. The third-order valence-electron chi connectivity index (χ3n) is 4.33. The van der Waals surface area contributed by atoms with Gasteiger partial charge in [-0.05, 0) is 41.6 Å². The van der Waals surface area contributed by atoms with Crippen LogP contribution in [-0.4, -0.2) is 44.0 Å². The first kappa shape index (κ1) is 22.2. The molecule has 0 bridgehead atoms. The van der Waals surface area contributed by atoms with Crippen molar-refractivity contribution in [2.24, 2.45) is 12.0 Å². The molecule has 1 fully saturated rings. The van der Waals surface area contributed by atoms with E-state index in [0.29, 0.717) is 4.91 Å². The molecule has 1 saturated heterocycles. The quantitative estimate of drug-likeness (QED) is 0.352. The maximum atomic E-state index is 12.4. The van der Waals surface area contributed by atoms with Crippen LogP contribution in [0.4, 0.5) is 19.0 Å². The van der Waals surface area contributed by atoms with E-state index in [2.05, 4.69) is 25.1 Å². The Morgan fingerprint density at radius 2 is 2.06 bits per heavy atom. The lowest BCUT2D eigenvalue weighted by Gasteiger charge is -2.05. The summed E-state index contributed by atoms with van der Waals surface area (Å²) < 4.78 is 42.1. The average Bonchev–Trinajstić information content (AvgIpc) is 3.29. The molecule has 3 heterocycles. The second kappa shape index (κ2) is 8.50. The minimum absolute atomic E-state index is 0.0634. The Balaban J connectivity index is 1.58. The van der Waals surface area contributed by atoms with Crippen molar-refractivity contribution < 1.29 is 32.3 Å². The maximum absolute atomic E-state index is 12.4. The second-order valence-corrected chi connectivity index (χ2v) is 7.65. The van der Waals surface area contributed by atoms with Crippen LogP contribution in [0.2, 0.25) is 0 Å². The molecule has 1 N–H and O–H groups in total. The number of aliphatic imine (C=N–C) groups is 1. The van der Waals surface area contributed by atoms with E-state index in [1.54, 1.807) is 24.4 Å². The van der Waals surface area contributed by atoms with Crippen LogP contribution in [0, 0.1) is 0 Å². The van der Waals surface area contributed by atoms with Gasteiger partial charge in [-0.1, -0.05) is 12.1 Å². The molecule has 0 atom stereocenters. The molecule has 1 aliphatic rings. The third kappa shape index (κ3) is 4.77. The van der Waals surface area contributed by atoms with Gasteiger partial charge in [0.1, 0.15) is 5.56 Å². The number of fused-ring (bicyclic) bond motifs is 1. The molecular weight excluding hydrogens is 463 g/mol. The molecule has 168 valence electrons. The van der Waals surface area contributed by atoms with Crippen LogP contribution < -0.4 is 5.32 Å². The topological polar surface area (TPSA) is 116 Å². The second-order valence-electron chi connectivity index (χ2n) is 6.62. The smallest absolute Gasteiger partial charge is 0.382 e. The van der Waals surface area contributed by atoms with Crippen molar-refractivity contribution in [3.8, 4) is 0 Å². The zero-order chi connectivity index (χ0) is 23.8. The van der Waals surface area contributed by atoms with Crippen molar-refractivity contribution >= 4 is 57.6 Å². The van der Waals surface area contributed by atoms with Crippen LogP contribution in [-0.2, 0) is 21.4 Å². The van der Waals surface area contributed by atoms with E-state index >= 15 is 0 Å². The summed E-state index contributed by atoms with van der Waals surface area (Å²) in [5.74, 6) is -4.88. The number of hydrogen-bond donors (Lipinski definition) is 1. The highest BCUT2D eigenvalue weighted by Gasteiger charge is 2.43. The Morgan fingerprint density at radius 3 is 2.82 bits per heavy atom. The van der Waals surface area contributed by atoms with E-state index in [9.17, 15) is 27.6 Å². The highest BCUT2D eigenvalue weighted by Crippen LogP contribution is 2.30. The fourth-order valence-corrected chi connectivity index (χ4v) is 3.64. The van der Waals surface area contributed by atoms with Crippen LogP contribution in [0.15, 0.2) is 52.6 Å². The molecule has 3 aromatic rings. The minimum atomic E-state index is -5.34. The number of hydrogen-bond acceptors (Lipinski definition) is 8. The van der Waals surface area contributed by atoms with Gasteiger partial charge < -0.3 is 10.1 Å². The summed E-state index contributed by atoms with van der Waals surface area (Å²) in [7, 11) is 1.38. The van der Waals surface area contributed by atoms with Gasteiger partial charge in [-0.3, -0.25) is 14.5 Å². The normalized spacial score (nSPS) is 16.4. The molecule has 9 nitrogen and oxygen atoms in total. The number of alkyl halides is 3. The number of aromatic nitrogens is 3. The van der Waals surface area contributed by atoms with Gasteiger partial charge in [0, 0.05) is 18.6 Å². The van der Waals surface area contributed by atoms with Gasteiger partial charge in [0.2, 0.25) is 0 Å². The van der Waals surface area contributed by atoms with Crippen LogP contribution in [0.5, 0.6) is 0 Å². The molecule has 0 radical (unpaired) electrons. The zero-order valence-electron chi connectivity index (χ0n) is 16.6. The number of rotatable bonds is 3. The molecule has 33 heavy (non-hydrogen) atoms. The van der Waals surface area contributed by atoms with Crippen molar-refractivity contribution in [3.63, 3.8) is 0 Å². The number of amidine groups is 1. The highest BCUT2D eigenvalue weighted by atomic mass is 32.2. The number of amides is 1. The Bertz CT molecular complexity index is 1360. The van der Waals surface area contributed by atoms with Gasteiger partial charge in [-0.2, -0.15) is 18.3 Å². The summed E-state index contributed by atoms with van der Waals surface area (Å²) in [6, 6.07) is 9.12. The molecular formula is C20H12F3N5O4S. The number of benzene rings is 1. The van der Waals surface area contributed by atoms with Crippen molar-refractivity contribution in [1.29, 1.82) is 0 Å². The molecule has 1 aliphatic heterocycles. The number of halogens is 3. The number of carbonyl (C=O) groups excluding carboxylic acids is 3. The molecule has 0 spiro atoms. The predicted molar refractivity (Wildman–Crippen MR) is 112 cm³/mol. The first-order chi connectivity index (χ1) is 15.6. The molecule has 0 unspecified atom stereocenters.